The lowest BCUT2D eigenvalue weighted by molar-refractivity contribution is 0.154. The smallest absolute Gasteiger partial charge is 0.411 e. The SMILES string of the molecule is CCc1c(NC(=O)OCCCN(C)CCF)cn2ncnc(Nc3ccc4c(cnn4Cc4ccccc4)c3)c12. The zero-order valence-corrected chi connectivity index (χ0v) is 22.7. The molecule has 11 heteroatoms. The van der Waals surface area contributed by atoms with Crippen molar-refractivity contribution >= 4 is 39.7 Å². The summed E-state index contributed by atoms with van der Waals surface area (Å²) in [4.78, 5) is 18.8. The molecule has 2 N–H and O–H groups in total. The van der Waals surface area contributed by atoms with E-state index < -0.39 is 12.8 Å². The van der Waals surface area contributed by atoms with Gasteiger partial charge in [0, 0.05) is 29.7 Å². The molecule has 2 aromatic carbocycles. The van der Waals surface area contributed by atoms with Crippen LogP contribution < -0.4 is 10.6 Å². The van der Waals surface area contributed by atoms with Crippen LogP contribution in [0.25, 0.3) is 16.4 Å². The van der Waals surface area contributed by atoms with Gasteiger partial charge < -0.3 is 15.0 Å². The number of hydrogen-bond acceptors (Lipinski definition) is 7. The van der Waals surface area contributed by atoms with Gasteiger partial charge in [0.25, 0.3) is 0 Å². The normalized spacial score (nSPS) is 11.4. The summed E-state index contributed by atoms with van der Waals surface area (Å²) in [5, 5.41) is 16.2. The van der Waals surface area contributed by atoms with Crippen molar-refractivity contribution in [3.63, 3.8) is 0 Å². The van der Waals surface area contributed by atoms with Crippen molar-refractivity contribution in [3.8, 4) is 0 Å². The van der Waals surface area contributed by atoms with E-state index in [4.69, 9.17) is 4.74 Å². The zero-order valence-electron chi connectivity index (χ0n) is 22.7. The first-order valence-electron chi connectivity index (χ1n) is 13.4. The van der Waals surface area contributed by atoms with Crippen LogP contribution in [0.15, 0.2) is 67.3 Å². The van der Waals surface area contributed by atoms with Gasteiger partial charge in [0.05, 0.1) is 36.7 Å². The zero-order chi connectivity index (χ0) is 27.9. The first-order chi connectivity index (χ1) is 19.6. The van der Waals surface area contributed by atoms with Crippen molar-refractivity contribution in [2.75, 3.05) is 44.1 Å². The van der Waals surface area contributed by atoms with Gasteiger partial charge in [-0.25, -0.2) is 18.7 Å². The molecule has 5 rings (SSSR count). The van der Waals surface area contributed by atoms with Crippen LogP contribution in [0.3, 0.4) is 0 Å². The number of hydrogen-bond donors (Lipinski definition) is 2. The number of aryl methyl sites for hydroxylation is 1. The molecular weight excluding hydrogens is 511 g/mol. The van der Waals surface area contributed by atoms with Crippen LogP contribution in [0.5, 0.6) is 0 Å². The Morgan fingerprint density at radius 2 is 1.98 bits per heavy atom. The van der Waals surface area contributed by atoms with Crippen LogP contribution in [0, 0.1) is 0 Å². The fraction of sp³-hybridized carbons (Fsp3) is 0.310. The molecule has 0 aliphatic rings. The Bertz CT molecular complexity index is 1580. The predicted molar refractivity (Wildman–Crippen MR) is 154 cm³/mol. The van der Waals surface area contributed by atoms with E-state index in [-0.39, 0.29) is 6.61 Å². The van der Waals surface area contributed by atoms with Crippen molar-refractivity contribution in [1.29, 1.82) is 0 Å². The third-order valence-corrected chi connectivity index (χ3v) is 6.73. The molecule has 0 aliphatic carbocycles. The highest BCUT2D eigenvalue weighted by molar-refractivity contribution is 5.91. The van der Waals surface area contributed by atoms with E-state index in [9.17, 15) is 9.18 Å². The van der Waals surface area contributed by atoms with Gasteiger partial charge in [-0.05, 0) is 43.7 Å². The number of amides is 1. The molecule has 0 unspecified atom stereocenters. The molecule has 208 valence electrons. The molecule has 0 spiro atoms. The van der Waals surface area contributed by atoms with E-state index in [1.165, 1.54) is 11.9 Å². The Balaban J connectivity index is 1.30. The lowest BCUT2D eigenvalue weighted by Crippen LogP contribution is -2.24. The lowest BCUT2D eigenvalue weighted by atomic mass is 10.2. The second kappa shape index (κ2) is 12.6. The molecule has 0 bridgehead atoms. The molecule has 40 heavy (non-hydrogen) atoms. The molecule has 0 saturated carbocycles. The number of rotatable bonds is 12. The highest BCUT2D eigenvalue weighted by atomic mass is 19.1. The topological polar surface area (TPSA) is 102 Å². The molecule has 0 fully saturated rings. The Labute approximate surface area is 231 Å². The lowest BCUT2D eigenvalue weighted by Gasteiger charge is -2.14. The standard InChI is InChI=1S/C29H33FN8O2/c1-3-24-25(35-29(39)40-15-7-13-36(2)14-12-30)19-38-27(24)28(31-20-33-38)34-23-10-11-26-22(16-23)17-32-37(26)18-21-8-5-4-6-9-21/h4-6,8-11,16-17,19-20H,3,7,12-15,18H2,1-2H3,(H,35,39)(H,31,33,34). The molecule has 0 atom stereocenters. The molecule has 0 aliphatic heterocycles. The maximum Gasteiger partial charge on any atom is 0.411 e. The van der Waals surface area contributed by atoms with Gasteiger partial charge in [0.1, 0.15) is 18.5 Å². The minimum atomic E-state index is -0.542. The van der Waals surface area contributed by atoms with Crippen LogP contribution in [-0.2, 0) is 17.7 Å². The third kappa shape index (κ3) is 6.20. The molecule has 0 saturated heterocycles. The second-order valence-electron chi connectivity index (χ2n) is 9.57. The average Bonchev–Trinajstić information content (AvgIpc) is 3.52. The number of halogens is 1. The fourth-order valence-electron chi connectivity index (χ4n) is 4.72. The molecular formula is C29H33FN8O2. The molecule has 0 radical (unpaired) electrons. The van der Waals surface area contributed by atoms with E-state index in [0.717, 1.165) is 27.7 Å². The summed E-state index contributed by atoms with van der Waals surface area (Å²) in [5.74, 6) is 0.625. The maximum atomic E-state index is 12.5. The number of anilines is 3. The minimum absolute atomic E-state index is 0.244. The Kier molecular flexibility index (Phi) is 8.50. The summed E-state index contributed by atoms with van der Waals surface area (Å²) in [6, 6.07) is 16.3. The third-order valence-electron chi connectivity index (χ3n) is 6.73. The highest BCUT2D eigenvalue weighted by Gasteiger charge is 2.17. The highest BCUT2D eigenvalue weighted by Crippen LogP contribution is 2.30. The van der Waals surface area contributed by atoms with Gasteiger partial charge in [-0.1, -0.05) is 37.3 Å². The van der Waals surface area contributed by atoms with E-state index in [0.29, 0.717) is 44.0 Å². The Morgan fingerprint density at radius 3 is 2.77 bits per heavy atom. The Morgan fingerprint density at radius 1 is 1.12 bits per heavy atom. The van der Waals surface area contributed by atoms with Gasteiger partial charge in [0.15, 0.2) is 5.82 Å². The van der Waals surface area contributed by atoms with Gasteiger partial charge in [-0.15, -0.1) is 0 Å². The number of benzene rings is 2. The van der Waals surface area contributed by atoms with Crippen molar-refractivity contribution in [3.05, 3.63) is 78.4 Å². The van der Waals surface area contributed by atoms with Crippen LogP contribution in [0.1, 0.15) is 24.5 Å². The molecule has 3 heterocycles. The summed E-state index contributed by atoms with van der Waals surface area (Å²) >= 11 is 0. The first-order valence-corrected chi connectivity index (χ1v) is 13.4. The molecule has 10 nitrogen and oxygen atoms in total. The van der Waals surface area contributed by atoms with Crippen molar-refractivity contribution in [1.82, 2.24) is 29.3 Å². The van der Waals surface area contributed by atoms with Crippen molar-refractivity contribution < 1.29 is 13.9 Å². The van der Waals surface area contributed by atoms with Crippen molar-refractivity contribution in [2.45, 2.75) is 26.3 Å². The Hall–Kier alpha value is -4.51. The van der Waals surface area contributed by atoms with E-state index >= 15 is 0 Å². The summed E-state index contributed by atoms with van der Waals surface area (Å²) in [5.41, 5.74) is 5.36. The number of nitrogens with zero attached hydrogens (tertiary/aromatic N) is 6. The number of carbonyl (C=O) groups excluding carboxylic acids is 1. The van der Waals surface area contributed by atoms with Crippen molar-refractivity contribution in [2.24, 2.45) is 0 Å². The minimum Gasteiger partial charge on any atom is -0.449 e. The molecule has 1 amide bonds. The number of fused-ring (bicyclic) bond motifs is 2. The number of ether oxygens (including phenoxy) is 1. The van der Waals surface area contributed by atoms with Gasteiger partial charge in [-0.3, -0.25) is 10.00 Å². The predicted octanol–water partition coefficient (Wildman–Crippen LogP) is 5.27. The monoisotopic (exact) mass is 544 g/mol. The van der Waals surface area contributed by atoms with E-state index in [2.05, 4.69) is 37.9 Å². The number of alkyl halides is 1. The first kappa shape index (κ1) is 27.1. The summed E-state index contributed by atoms with van der Waals surface area (Å²) in [6.45, 7) is 3.57. The van der Waals surface area contributed by atoms with Gasteiger partial charge >= 0.3 is 6.09 Å². The van der Waals surface area contributed by atoms with Crippen LogP contribution in [-0.4, -0.2) is 68.8 Å². The average molecular weight is 545 g/mol. The summed E-state index contributed by atoms with van der Waals surface area (Å²) in [6.07, 6.45) is 5.82. The van der Waals surface area contributed by atoms with E-state index in [1.807, 2.05) is 66.1 Å². The quantitative estimate of drug-likeness (QED) is 0.206. The number of nitrogens with one attached hydrogen (secondary N) is 2. The van der Waals surface area contributed by atoms with Crippen LogP contribution in [0.4, 0.5) is 26.4 Å². The van der Waals surface area contributed by atoms with E-state index in [1.54, 1.807) is 10.7 Å². The van der Waals surface area contributed by atoms with Crippen LogP contribution in [0.2, 0.25) is 0 Å². The summed E-state index contributed by atoms with van der Waals surface area (Å²) in [7, 11) is 1.84. The molecule has 5 aromatic rings. The second-order valence-corrected chi connectivity index (χ2v) is 9.57. The fourth-order valence-corrected chi connectivity index (χ4v) is 4.72. The number of carbonyl (C=O) groups is 1. The molecule has 3 aromatic heterocycles. The number of aromatic nitrogens is 5. The van der Waals surface area contributed by atoms with Gasteiger partial charge in [0.2, 0.25) is 0 Å². The summed E-state index contributed by atoms with van der Waals surface area (Å²) < 4.78 is 21.4. The van der Waals surface area contributed by atoms with Gasteiger partial charge in [-0.2, -0.15) is 10.2 Å². The van der Waals surface area contributed by atoms with Crippen LogP contribution >= 0.6 is 0 Å². The largest absolute Gasteiger partial charge is 0.449 e. The maximum absolute atomic E-state index is 12.5.